The summed E-state index contributed by atoms with van der Waals surface area (Å²) < 4.78 is 4.75. The van der Waals surface area contributed by atoms with Gasteiger partial charge in [0.25, 0.3) is 0 Å². The molecule has 1 aromatic carbocycles. The molecule has 0 aliphatic rings. The first-order valence-corrected chi connectivity index (χ1v) is 9.51. The van der Waals surface area contributed by atoms with Crippen LogP contribution in [0.1, 0.15) is 45.6 Å². The molecular formula is C20H29ClN2O5. The molecule has 0 unspecified atom stereocenters. The normalized spacial score (nSPS) is 13.4. The van der Waals surface area contributed by atoms with Crippen molar-refractivity contribution in [3.05, 3.63) is 34.9 Å². The second kappa shape index (κ2) is 11.0. The maximum atomic E-state index is 12.4. The van der Waals surface area contributed by atoms with E-state index in [4.69, 9.17) is 21.5 Å². The van der Waals surface area contributed by atoms with Gasteiger partial charge in [0, 0.05) is 17.4 Å². The Hall–Kier alpha value is -2.12. The lowest BCUT2D eigenvalue weighted by atomic mass is 9.86. The molecule has 28 heavy (non-hydrogen) atoms. The molecule has 7 nitrogen and oxygen atoms in total. The Labute approximate surface area is 170 Å². The number of carbonyl (C=O) groups is 3. The summed E-state index contributed by atoms with van der Waals surface area (Å²) in [7, 11) is 1.26. The quantitative estimate of drug-likeness (QED) is 0.328. The van der Waals surface area contributed by atoms with Crippen molar-refractivity contribution in [3.8, 4) is 0 Å². The first kappa shape index (κ1) is 23.9. The van der Waals surface area contributed by atoms with Crippen LogP contribution in [0.25, 0.3) is 0 Å². The van der Waals surface area contributed by atoms with Gasteiger partial charge >= 0.3 is 5.97 Å². The molecule has 0 aliphatic carbocycles. The average molecular weight is 413 g/mol. The average Bonchev–Trinajstić information content (AvgIpc) is 2.64. The molecule has 1 rings (SSSR count). The number of hydrogen-bond acceptors (Lipinski definition) is 5. The number of hydroxylamine groups is 1. The van der Waals surface area contributed by atoms with E-state index >= 15 is 0 Å². The summed E-state index contributed by atoms with van der Waals surface area (Å²) >= 11 is 5.86. The molecule has 8 heteroatoms. The Bertz CT molecular complexity index is 670. The molecule has 156 valence electrons. The molecule has 0 bridgehead atoms. The Kier molecular flexibility index (Phi) is 9.41. The second-order valence-corrected chi connectivity index (χ2v) is 8.22. The van der Waals surface area contributed by atoms with Gasteiger partial charge in [-0.25, -0.2) is 10.3 Å². The molecule has 0 aromatic heterocycles. The number of hydrogen-bond donors (Lipinski definition) is 3. The Morgan fingerprint density at radius 1 is 1.18 bits per heavy atom. The number of amides is 2. The van der Waals surface area contributed by atoms with Crippen LogP contribution in [0, 0.1) is 11.3 Å². The van der Waals surface area contributed by atoms with E-state index in [1.165, 1.54) is 7.11 Å². The summed E-state index contributed by atoms with van der Waals surface area (Å²) in [5, 5.41) is 12.3. The maximum Gasteiger partial charge on any atom is 0.328 e. The van der Waals surface area contributed by atoms with E-state index < -0.39 is 35.2 Å². The molecule has 2 atom stereocenters. The van der Waals surface area contributed by atoms with E-state index in [0.717, 1.165) is 5.56 Å². The van der Waals surface area contributed by atoms with E-state index in [9.17, 15) is 14.4 Å². The van der Waals surface area contributed by atoms with Gasteiger partial charge in [-0.1, -0.05) is 44.5 Å². The van der Waals surface area contributed by atoms with Crippen LogP contribution in [0.4, 0.5) is 0 Å². The predicted molar refractivity (Wildman–Crippen MR) is 106 cm³/mol. The van der Waals surface area contributed by atoms with Crippen molar-refractivity contribution < 1.29 is 24.3 Å². The highest BCUT2D eigenvalue weighted by Gasteiger charge is 2.34. The van der Waals surface area contributed by atoms with E-state index in [2.05, 4.69) is 5.32 Å². The van der Waals surface area contributed by atoms with Gasteiger partial charge in [0.2, 0.25) is 11.8 Å². The van der Waals surface area contributed by atoms with E-state index in [1.54, 1.807) is 38.4 Å². The predicted octanol–water partition coefficient (Wildman–Crippen LogP) is 2.88. The maximum absolute atomic E-state index is 12.4. The lowest BCUT2D eigenvalue weighted by Crippen LogP contribution is -2.50. The minimum absolute atomic E-state index is 0.142. The summed E-state index contributed by atoms with van der Waals surface area (Å²) in [4.78, 5) is 36.3. The van der Waals surface area contributed by atoms with Crippen LogP contribution in [0.15, 0.2) is 24.3 Å². The van der Waals surface area contributed by atoms with Crippen LogP contribution >= 0.6 is 11.6 Å². The minimum atomic E-state index is -0.836. The van der Waals surface area contributed by atoms with Gasteiger partial charge < -0.3 is 10.1 Å². The molecule has 0 heterocycles. The number of aryl methyl sites for hydroxylation is 1. The summed E-state index contributed by atoms with van der Waals surface area (Å²) in [6.45, 7) is 5.41. The summed E-state index contributed by atoms with van der Waals surface area (Å²) in [6, 6.07) is 6.56. The fourth-order valence-electron chi connectivity index (χ4n) is 2.81. The molecule has 0 fully saturated rings. The zero-order valence-corrected chi connectivity index (χ0v) is 17.5. The van der Waals surface area contributed by atoms with Gasteiger partial charge in [-0.05, 0) is 42.4 Å². The minimum Gasteiger partial charge on any atom is -0.467 e. The topological polar surface area (TPSA) is 105 Å². The van der Waals surface area contributed by atoms with Crippen molar-refractivity contribution in [2.45, 2.75) is 52.5 Å². The number of ether oxygens (including phenoxy) is 1. The fourth-order valence-corrected chi connectivity index (χ4v) is 2.94. The number of rotatable bonds is 9. The van der Waals surface area contributed by atoms with Gasteiger partial charge in [-0.2, -0.15) is 0 Å². The lowest BCUT2D eigenvalue weighted by molar-refractivity contribution is -0.148. The lowest BCUT2D eigenvalue weighted by Gasteiger charge is -2.29. The molecule has 0 radical (unpaired) electrons. The van der Waals surface area contributed by atoms with Crippen LogP contribution in [-0.4, -0.2) is 36.1 Å². The first-order valence-electron chi connectivity index (χ1n) is 9.14. The number of carbonyl (C=O) groups excluding carboxylic acids is 3. The van der Waals surface area contributed by atoms with Crippen LogP contribution in [0.3, 0.4) is 0 Å². The molecule has 3 N–H and O–H groups in total. The summed E-state index contributed by atoms with van der Waals surface area (Å²) in [5.74, 6) is -2.34. The third-order valence-electron chi connectivity index (χ3n) is 4.45. The highest BCUT2D eigenvalue weighted by atomic mass is 35.5. The largest absolute Gasteiger partial charge is 0.467 e. The SMILES string of the molecule is COC(=O)[C@@H](NC(=O)C[C@@H](CCCc1ccc(Cl)cc1)C(=O)NO)C(C)(C)C. The highest BCUT2D eigenvalue weighted by Crippen LogP contribution is 2.21. The summed E-state index contributed by atoms with van der Waals surface area (Å²) in [6.07, 6.45) is 1.62. The number of methoxy groups -OCH3 is 1. The fraction of sp³-hybridized carbons (Fsp3) is 0.550. The van der Waals surface area contributed by atoms with Gasteiger partial charge in [-0.3, -0.25) is 14.8 Å². The molecule has 2 amide bonds. The van der Waals surface area contributed by atoms with E-state index in [1.807, 2.05) is 12.1 Å². The van der Waals surface area contributed by atoms with Crippen LogP contribution < -0.4 is 10.8 Å². The van der Waals surface area contributed by atoms with Crippen LogP contribution in [-0.2, 0) is 25.5 Å². The van der Waals surface area contributed by atoms with Gasteiger partial charge in [0.1, 0.15) is 6.04 Å². The zero-order valence-electron chi connectivity index (χ0n) is 16.8. The van der Waals surface area contributed by atoms with Crippen molar-refractivity contribution >= 4 is 29.4 Å². The number of halogens is 1. The molecule has 0 aliphatic heterocycles. The summed E-state index contributed by atoms with van der Waals surface area (Å²) in [5.41, 5.74) is 2.13. The van der Waals surface area contributed by atoms with Gasteiger partial charge in [0.05, 0.1) is 7.11 Å². The van der Waals surface area contributed by atoms with Crippen molar-refractivity contribution in [3.63, 3.8) is 0 Å². The zero-order chi connectivity index (χ0) is 21.3. The van der Waals surface area contributed by atoms with Crippen molar-refractivity contribution in [1.82, 2.24) is 10.8 Å². The molecule has 0 saturated heterocycles. The third-order valence-corrected chi connectivity index (χ3v) is 4.70. The first-order chi connectivity index (χ1) is 13.1. The smallest absolute Gasteiger partial charge is 0.328 e. The standard InChI is InChI=1S/C20H29ClN2O5/c1-20(2,3)17(19(26)28-4)22-16(24)12-14(18(25)23-27)7-5-6-13-8-10-15(21)11-9-13/h8-11,14,17,27H,5-7,12H2,1-4H3,(H,22,24)(H,23,25)/t14-,17-/m1/s1. The number of nitrogens with one attached hydrogen (secondary N) is 2. The Balaban J connectivity index is 2.68. The molecule has 1 aromatic rings. The van der Waals surface area contributed by atoms with Crippen molar-refractivity contribution in [1.29, 1.82) is 0 Å². The van der Waals surface area contributed by atoms with E-state index in [-0.39, 0.29) is 6.42 Å². The number of esters is 1. The van der Waals surface area contributed by atoms with E-state index in [0.29, 0.717) is 24.3 Å². The monoisotopic (exact) mass is 412 g/mol. The van der Waals surface area contributed by atoms with Gasteiger partial charge in [0.15, 0.2) is 0 Å². The Morgan fingerprint density at radius 3 is 2.29 bits per heavy atom. The number of benzene rings is 1. The Morgan fingerprint density at radius 2 is 1.79 bits per heavy atom. The molecular weight excluding hydrogens is 384 g/mol. The van der Waals surface area contributed by atoms with Gasteiger partial charge in [-0.15, -0.1) is 0 Å². The third kappa shape index (κ3) is 7.86. The second-order valence-electron chi connectivity index (χ2n) is 7.79. The van der Waals surface area contributed by atoms with Crippen LogP contribution in [0.2, 0.25) is 5.02 Å². The molecule has 0 spiro atoms. The van der Waals surface area contributed by atoms with Crippen LogP contribution in [0.5, 0.6) is 0 Å². The molecule has 0 saturated carbocycles. The van der Waals surface area contributed by atoms with Crippen molar-refractivity contribution in [2.75, 3.05) is 7.11 Å². The highest BCUT2D eigenvalue weighted by molar-refractivity contribution is 6.30. The van der Waals surface area contributed by atoms with Crippen molar-refractivity contribution in [2.24, 2.45) is 11.3 Å².